The number of anilines is 1. The summed E-state index contributed by atoms with van der Waals surface area (Å²) in [6.45, 7) is 0.536. The highest BCUT2D eigenvalue weighted by Crippen LogP contribution is 2.25. The summed E-state index contributed by atoms with van der Waals surface area (Å²) in [6.07, 6.45) is 0.379. The Hall–Kier alpha value is -1.73. The van der Waals surface area contributed by atoms with Crippen LogP contribution < -0.4 is 10.2 Å². The normalized spacial score (nSPS) is 9.53. The Bertz CT molecular complexity index is 454. The molecular formula is C12H14ClN3O. The van der Waals surface area contributed by atoms with Gasteiger partial charge in [0.1, 0.15) is 6.07 Å². The molecule has 0 radical (unpaired) electrons. The zero-order valence-electron chi connectivity index (χ0n) is 9.83. The van der Waals surface area contributed by atoms with E-state index >= 15 is 0 Å². The zero-order chi connectivity index (χ0) is 12.8. The van der Waals surface area contributed by atoms with Gasteiger partial charge in [-0.15, -0.1) is 0 Å². The number of carbonyl (C=O) groups excluding carboxylic acids is 1. The minimum atomic E-state index is -0.0302. The van der Waals surface area contributed by atoms with E-state index in [4.69, 9.17) is 16.9 Å². The molecule has 0 fully saturated rings. The molecule has 4 nitrogen and oxygen atoms in total. The molecule has 0 heterocycles. The summed E-state index contributed by atoms with van der Waals surface area (Å²) in [7, 11) is 3.43. The third kappa shape index (κ3) is 3.36. The van der Waals surface area contributed by atoms with Crippen LogP contribution in [0.25, 0.3) is 0 Å². The van der Waals surface area contributed by atoms with Gasteiger partial charge >= 0.3 is 0 Å². The third-order valence-electron chi connectivity index (χ3n) is 2.47. The van der Waals surface area contributed by atoms with Crippen LogP contribution >= 0.6 is 11.6 Å². The van der Waals surface area contributed by atoms with Gasteiger partial charge in [-0.3, -0.25) is 4.79 Å². The van der Waals surface area contributed by atoms with Gasteiger partial charge in [-0.25, -0.2) is 0 Å². The Kier molecular flexibility index (Phi) is 4.80. The fourth-order valence-electron chi connectivity index (χ4n) is 1.46. The number of halogens is 1. The van der Waals surface area contributed by atoms with Crippen LogP contribution in [0.2, 0.25) is 5.02 Å². The van der Waals surface area contributed by atoms with Gasteiger partial charge in [0.25, 0.3) is 0 Å². The minimum Gasteiger partial charge on any atom is -0.373 e. The van der Waals surface area contributed by atoms with E-state index in [1.54, 1.807) is 19.2 Å². The Morgan fingerprint density at radius 1 is 1.59 bits per heavy atom. The molecule has 0 saturated heterocycles. The number of rotatable bonds is 4. The van der Waals surface area contributed by atoms with E-state index in [0.29, 0.717) is 23.6 Å². The summed E-state index contributed by atoms with van der Waals surface area (Å²) < 4.78 is 0. The number of carbonyl (C=O) groups is 1. The number of nitriles is 1. The second-order valence-electron chi connectivity index (χ2n) is 3.59. The van der Waals surface area contributed by atoms with Crippen LogP contribution in [0.15, 0.2) is 18.2 Å². The van der Waals surface area contributed by atoms with Crippen molar-refractivity contribution in [2.24, 2.45) is 0 Å². The Labute approximate surface area is 106 Å². The van der Waals surface area contributed by atoms with E-state index in [1.165, 1.54) is 0 Å². The van der Waals surface area contributed by atoms with E-state index in [2.05, 4.69) is 11.4 Å². The monoisotopic (exact) mass is 251 g/mol. The fourth-order valence-corrected chi connectivity index (χ4v) is 1.67. The average molecular weight is 252 g/mol. The average Bonchev–Trinajstić information content (AvgIpc) is 2.35. The lowest BCUT2D eigenvalue weighted by atomic mass is 10.1. The predicted octanol–water partition coefficient (Wildman–Crippen LogP) is 1.78. The smallest absolute Gasteiger partial charge is 0.221 e. The second kappa shape index (κ2) is 6.12. The maximum absolute atomic E-state index is 11.1. The van der Waals surface area contributed by atoms with Crippen LogP contribution in [0.5, 0.6) is 0 Å². The fraction of sp³-hybridized carbons (Fsp3) is 0.333. The second-order valence-corrected chi connectivity index (χ2v) is 4.00. The molecule has 0 aromatic heterocycles. The van der Waals surface area contributed by atoms with Gasteiger partial charge in [-0.1, -0.05) is 17.7 Å². The lowest BCUT2D eigenvalue weighted by Crippen LogP contribution is -2.26. The van der Waals surface area contributed by atoms with Gasteiger partial charge in [0.15, 0.2) is 0 Å². The molecule has 0 unspecified atom stereocenters. The zero-order valence-corrected chi connectivity index (χ0v) is 10.6. The molecule has 1 aromatic carbocycles. The molecule has 90 valence electrons. The summed E-state index contributed by atoms with van der Waals surface area (Å²) in [5, 5.41) is 12.0. The quantitative estimate of drug-likeness (QED) is 0.888. The molecule has 0 saturated carbocycles. The minimum absolute atomic E-state index is 0.0302. The number of nitrogens with zero attached hydrogens (tertiary/aromatic N) is 2. The lowest BCUT2D eigenvalue weighted by Gasteiger charge is -2.20. The van der Waals surface area contributed by atoms with Crippen molar-refractivity contribution in [2.45, 2.75) is 6.42 Å². The standard InChI is InChI=1S/C12H14ClN3O/c1-15-12(17)6-7-16(2)11-5-3-4-10(13)9(11)8-14/h3-5H,6-7H2,1-2H3,(H,15,17). The molecule has 1 aromatic rings. The first kappa shape index (κ1) is 13.3. The van der Waals surface area contributed by atoms with Crippen LogP contribution in [0, 0.1) is 11.3 Å². The van der Waals surface area contributed by atoms with Gasteiger partial charge in [0, 0.05) is 27.1 Å². The topological polar surface area (TPSA) is 56.1 Å². The highest BCUT2D eigenvalue weighted by atomic mass is 35.5. The molecular weight excluding hydrogens is 238 g/mol. The largest absolute Gasteiger partial charge is 0.373 e. The Balaban J connectivity index is 2.82. The summed E-state index contributed by atoms with van der Waals surface area (Å²) in [6, 6.07) is 7.35. The Morgan fingerprint density at radius 3 is 2.88 bits per heavy atom. The van der Waals surface area contributed by atoms with Crippen molar-refractivity contribution in [3.05, 3.63) is 28.8 Å². The van der Waals surface area contributed by atoms with E-state index in [9.17, 15) is 4.79 Å². The van der Waals surface area contributed by atoms with Crippen molar-refractivity contribution in [2.75, 3.05) is 25.5 Å². The van der Waals surface area contributed by atoms with E-state index in [-0.39, 0.29) is 5.91 Å². The van der Waals surface area contributed by atoms with Gasteiger partial charge in [-0.2, -0.15) is 5.26 Å². The van der Waals surface area contributed by atoms with Crippen LogP contribution in [0.1, 0.15) is 12.0 Å². The van der Waals surface area contributed by atoms with Gasteiger partial charge in [-0.05, 0) is 12.1 Å². The molecule has 1 amide bonds. The number of benzene rings is 1. The van der Waals surface area contributed by atoms with Gasteiger partial charge in [0.05, 0.1) is 16.3 Å². The maximum atomic E-state index is 11.1. The molecule has 0 aliphatic rings. The summed E-state index contributed by atoms with van der Waals surface area (Å²) in [4.78, 5) is 13.0. The van der Waals surface area contributed by atoms with Crippen LogP contribution in [-0.4, -0.2) is 26.5 Å². The first-order valence-corrected chi connectivity index (χ1v) is 5.58. The van der Waals surface area contributed by atoms with Crippen molar-refractivity contribution in [3.63, 3.8) is 0 Å². The molecule has 0 aliphatic heterocycles. The van der Waals surface area contributed by atoms with Crippen LogP contribution in [0.4, 0.5) is 5.69 Å². The first-order valence-electron chi connectivity index (χ1n) is 5.20. The van der Waals surface area contributed by atoms with Crippen molar-refractivity contribution >= 4 is 23.2 Å². The highest BCUT2D eigenvalue weighted by molar-refractivity contribution is 6.32. The van der Waals surface area contributed by atoms with Crippen molar-refractivity contribution in [1.29, 1.82) is 5.26 Å². The highest BCUT2D eigenvalue weighted by Gasteiger charge is 2.11. The number of nitrogens with one attached hydrogen (secondary N) is 1. The van der Waals surface area contributed by atoms with Crippen molar-refractivity contribution in [3.8, 4) is 6.07 Å². The van der Waals surface area contributed by atoms with Gasteiger partial charge < -0.3 is 10.2 Å². The molecule has 0 spiro atoms. The van der Waals surface area contributed by atoms with Gasteiger partial charge in [0.2, 0.25) is 5.91 Å². The van der Waals surface area contributed by atoms with E-state index in [0.717, 1.165) is 5.69 Å². The lowest BCUT2D eigenvalue weighted by molar-refractivity contribution is -0.120. The molecule has 5 heteroatoms. The Morgan fingerprint density at radius 2 is 2.29 bits per heavy atom. The van der Waals surface area contributed by atoms with E-state index < -0.39 is 0 Å². The van der Waals surface area contributed by atoms with Crippen LogP contribution in [0.3, 0.4) is 0 Å². The molecule has 0 aliphatic carbocycles. The molecule has 1 rings (SSSR count). The van der Waals surface area contributed by atoms with E-state index in [1.807, 2.05) is 18.0 Å². The van der Waals surface area contributed by atoms with Crippen molar-refractivity contribution in [1.82, 2.24) is 5.32 Å². The summed E-state index contributed by atoms with van der Waals surface area (Å²) in [5.74, 6) is -0.0302. The predicted molar refractivity (Wildman–Crippen MR) is 68.1 cm³/mol. The first-order chi connectivity index (χ1) is 8.10. The molecule has 1 N–H and O–H groups in total. The number of hydrogen-bond donors (Lipinski definition) is 1. The van der Waals surface area contributed by atoms with Crippen LogP contribution in [-0.2, 0) is 4.79 Å². The third-order valence-corrected chi connectivity index (χ3v) is 2.78. The maximum Gasteiger partial charge on any atom is 0.221 e. The molecule has 0 atom stereocenters. The summed E-state index contributed by atoms with van der Waals surface area (Å²) in [5.41, 5.74) is 1.18. The van der Waals surface area contributed by atoms with Crippen molar-refractivity contribution < 1.29 is 4.79 Å². The SMILES string of the molecule is CNC(=O)CCN(C)c1cccc(Cl)c1C#N. The summed E-state index contributed by atoms with van der Waals surface area (Å²) >= 11 is 5.94. The number of hydrogen-bond acceptors (Lipinski definition) is 3. The molecule has 17 heavy (non-hydrogen) atoms. The number of amides is 1. The molecule has 0 bridgehead atoms.